The Labute approximate surface area is 93.2 Å². The monoisotopic (exact) mass is 228 g/mol. The number of nitrogens with two attached hydrogens (primary N) is 1. The molecule has 90 valence electrons. The van der Waals surface area contributed by atoms with E-state index < -0.39 is 6.10 Å². The van der Waals surface area contributed by atoms with Gasteiger partial charge in [-0.3, -0.25) is 0 Å². The molecule has 0 unspecified atom stereocenters. The highest BCUT2D eigenvalue weighted by Crippen LogP contribution is 2.17. The van der Waals surface area contributed by atoms with Gasteiger partial charge in [0.2, 0.25) is 0 Å². The number of hydrogen-bond acceptors (Lipinski definition) is 7. The van der Waals surface area contributed by atoms with Crippen LogP contribution in [0.1, 0.15) is 18.4 Å². The molecule has 3 N–H and O–H groups in total. The highest BCUT2D eigenvalue weighted by Gasteiger charge is 2.20. The Morgan fingerprint density at radius 1 is 1.44 bits per heavy atom. The van der Waals surface area contributed by atoms with Crippen LogP contribution < -0.4 is 10.6 Å². The van der Waals surface area contributed by atoms with E-state index in [0.717, 1.165) is 13.1 Å². The molecule has 0 radical (unpaired) electrons. The van der Waals surface area contributed by atoms with Crippen LogP contribution in [-0.4, -0.2) is 48.1 Å². The molecule has 1 aliphatic heterocycles. The van der Waals surface area contributed by atoms with E-state index in [-0.39, 0.29) is 5.89 Å². The Balaban J connectivity index is 2.00. The highest BCUT2D eigenvalue weighted by atomic mass is 16.5. The molecule has 0 spiro atoms. The van der Waals surface area contributed by atoms with Gasteiger partial charge < -0.3 is 25.0 Å². The average molecular weight is 228 g/mol. The largest absolute Gasteiger partial charge is 0.383 e. The Kier molecular flexibility index (Phi) is 3.70. The number of ether oxygens (including phenoxy) is 1. The summed E-state index contributed by atoms with van der Waals surface area (Å²) in [7, 11) is 0. The summed E-state index contributed by atoms with van der Waals surface area (Å²) in [6.07, 6.45) is -0.350. The first-order valence-corrected chi connectivity index (χ1v) is 5.35. The summed E-state index contributed by atoms with van der Waals surface area (Å²) in [4.78, 5) is 6.10. The molecular formula is C9H16N4O3. The van der Waals surface area contributed by atoms with E-state index in [4.69, 9.17) is 15.0 Å². The van der Waals surface area contributed by atoms with E-state index in [1.54, 1.807) is 0 Å². The van der Waals surface area contributed by atoms with Crippen molar-refractivity contribution in [2.24, 2.45) is 5.73 Å². The van der Waals surface area contributed by atoms with Crippen molar-refractivity contribution >= 4 is 5.95 Å². The van der Waals surface area contributed by atoms with Gasteiger partial charge >= 0.3 is 0 Å². The lowest BCUT2D eigenvalue weighted by Gasteiger charge is -2.24. The molecule has 1 aliphatic rings. The number of aliphatic hydroxyl groups excluding tert-OH is 1. The van der Waals surface area contributed by atoms with Crippen molar-refractivity contribution in [3.8, 4) is 0 Å². The van der Waals surface area contributed by atoms with Crippen LogP contribution >= 0.6 is 0 Å². The van der Waals surface area contributed by atoms with Gasteiger partial charge in [-0.05, 0) is 18.1 Å². The Bertz CT molecular complexity index is 324. The van der Waals surface area contributed by atoms with E-state index in [1.807, 2.05) is 4.90 Å². The summed E-state index contributed by atoms with van der Waals surface area (Å²) in [6.45, 7) is 3.19. The number of aromatic nitrogens is 2. The zero-order chi connectivity index (χ0) is 11.4. The zero-order valence-electron chi connectivity index (χ0n) is 9.00. The van der Waals surface area contributed by atoms with E-state index in [0.29, 0.717) is 32.1 Å². The van der Waals surface area contributed by atoms with Gasteiger partial charge in [0.1, 0.15) is 6.10 Å². The third-order valence-electron chi connectivity index (χ3n) is 2.45. The molecule has 7 nitrogen and oxygen atoms in total. The van der Waals surface area contributed by atoms with E-state index in [1.165, 1.54) is 0 Å². The first-order chi connectivity index (χ1) is 7.81. The molecule has 0 bridgehead atoms. The Hall–Kier alpha value is -1.18. The smallest absolute Gasteiger partial charge is 0.266 e. The topological polar surface area (TPSA) is 97.6 Å². The van der Waals surface area contributed by atoms with Gasteiger partial charge in [0, 0.05) is 13.1 Å². The van der Waals surface area contributed by atoms with Crippen LogP contribution in [0.25, 0.3) is 0 Å². The lowest BCUT2D eigenvalue weighted by atomic mass is 10.2. The number of morpholine rings is 1. The summed E-state index contributed by atoms with van der Waals surface area (Å²) in [5, 5.41) is 13.4. The van der Waals surface area contributed by atoms with Crippen LogP contribution in [0.5, 0.6) is 0 Å². The van der Waals surface area contributed by atoms with E-state index in [9.17, 15) is 5.11 Å². The van der Waals surface area contributed by atoms with Crippen LogP contribution in [0, 0.1) is 0 Å². The molecule has 1 saturated heterocycles. The fourth-order valence-corrected chi connectivity index (χ4v) is 1.54. The summed E-state index contributed by atoms with van der Waals surface area (Å²) in [5.74, 6) is 0.737. The van der Waals surface area contributed by atoms with Crippen molar-refractivity contribution in [3.63, 3.8) is 0 Å². The number of nitrogens with zero attached hydrogens (tertiary/aromatic N) is 3. The zero-order valence-corrected chi connectivity index (χ0v) is 9.00. The van der Waals surface area contributed by atoms with Crippen molar-refractivity contribution < 1.29 is 14.4 Å². The van der Waals surface area contributed by atoms with Gasteiger partial charge in [0.25, 0.3) is 11.8 Å². The van der Waals surface area contributed by atoms with Gasteiger partial charge in [-0.2, -0.15) is 4.98 Å². The molecule has 16 heavy (non-hydrogen) atoms. The van der Waals surface area contributed by atoms with Crippen LogP contribution in [-0.2, 0) is 4.74 Å². The molecule has 1 fully saturated rings. The van der Waals surface area contributed by atoms with Gasteiger partial charge in [-0.15, -0.1) is 0 Å². The number of anilines is 1. The summed E-state index contributed by atoms with van der Waals surface area (Å²) < 4.78 is 10.2. The molecule has 2 heterocycles. The van der Waals surface area contributed by atoms with Crippen molar-refractivity contribution in [2.75, 3.05) is 37.7 Å². The van der Waals surface area contributed by atoms with Crippen LogP contribution in [0.15, 0.2) is 4.52 Å². The molecule has 2 rings (SSSR count). The van der Waals surface area contributed by atoms with E-state index in [2.05, 4.69) is 10.1 Å². The number of hydrogen-bond donors (Lipinski definition) is 2. The predicted octanol–water partition coefficient (Wildman–Crippen LogP) is -0.712. The normalized spacial score (nSPS) is 18.8. The van der Waals surface area contributed by atoms with Crippen molar-refractivity contribution in [2.45, 2.75) is 12.5 Å². The molecule has 0 amide bonds. The van der Waals surface area contributed by atoms with Gasteiger partial charge in [0.15, 0.2) is 0 Å². The first-order valence-electron chi connectivity index (χ1n) is 5.35. The summed E-state index contributed by atoms with van der Waals surface area (Å²) in [6, 6.07) is 0. The van der Waals surface area contributed by atoms with Crippen molar-refractivity contribution in [3.05, 3.63) is 5.89 Å². The second-order valence-electron chi connectivity index (χ2n) is 3.63. The molecule has 7 heteroatoms. The van der Waals surface area contributed by atoms with Gasteiger partial charge in [0.05, 0.1) is 13.2 Å². The van der Waals surface area contributed by atoms with Crippen molar-refractivity contribution in [1.29, 1.82) is 0 Å². The lowest BCUT2D eigenvalue weighted by Crippen LogP contribution is -2.36. The third kappa shape index (κ3) is 2.49. The van der Waals surface area contributed by atoms with Gasteiger partial charge in [-0.25, -0.2) is 0 Å². The van der Waals surface area contributed by atoms with Crippen LogP contribution in [0.2, 0.25) is 0 Å². The molecule has 0 aromatic carbocycles. The van der Waals surface area contributed by atoms with Crippen LogP contribution in [0.4, 0.5) is 5.95 Å². The second-order valence-corrected chi connectivity index (χ2v) is 3.63. The SMILES string of the molecule is NCC[C@H](O)c1nc(N2CCOCC2)no1. The quantitative estimate of drug-likeness (QED) is 0.702. The number of aliphatic hydroxyl groups is 1. The Morgan fingerprint density at radius 3 is 2.88 bits per heavy atom. The minimum absolute atomic E-state index is 0.229. The minimum Gasteiger partial charge on any atom is -0.383 e. The molecule has 1 atom stereocenters. The molecule has 0 aliphatic carbocycles. The maximum atomic E-state index is 9.61. The number of rotatable bonds is 4. The second kappa shape index (κ2) is 5.24. The van der Waals surface area contributed by atoms with Gasteiger partial charge in [-0.1, -0.05) is 0 Å². The minimum atomic E-state index is -0.771. The summed E-state index contributed by atoms with van der Waals surface area (Å²) >= 11 is 0. The molecular weight excluding hydrogens is 212 g/mol. The first kappa shape index (κ1) is 11.3. The molecule has 1 aromatic rings. The lowest BCUT2D eigenvalue weighted by molar-refractivity contribution is 0.121. The Morgan fingerprint density at radius 2 is 2.19 bits per heavy atom. The fraction of sp³-hybridized carbons (Fsp3) is 0.778. The fourth-order valence-electron chi connectivity index (χ4n) is 1.54. The molecule has 0 saturated carbocycles. The summed E-state index contributed by atoms with van der Waals surface area (Å²) in [5.41, 5.74) is 5.34. The standard InChI is InChI=1S/C9H16N4O3/c10-2-1-7(14)8-11-9(12-16-8)13-3-5-15-6-4-13/h7,14H,1-6,10H2/t7-/m0/s1. The molecule has 1 aromatic heterocycles. The average Bonchev–Trinajstić information content (AvgIpc) is 2.80. The predicted molar refractivity (Wildman–Crippen MR) is 56.0 cm³/mol. The third-order valence-corrected chi connectivity index (χ3v) is 2.45. The van der Waals surface area contributed by atoms with E-state index >= 15 is 0 Å². The maximum Gasteiger partial charge on any atom is 0.266 e. The highest BCUT2D eigenvalue weighted by molar-refractivity contribution is 5.28. The van der Waals surface area contributed by atoms with Crippen molar-refractivity contribution in [1.82, 2.24) is 10.1 Å². The maximum absolute atomic E-state index is 9.61. The van der Waals surface area contributed by atoms with Crippen LogP contribution in [0.3, 0.4) is 0 Å².